The van der Waals surface area contributed by atoms with Crippen LogP contribution in [-0.4, -0.2) is 44.3 Å². The molecule has 0 saturated carbocycles. The van der Waals surface area contributed by atoms with Gasteiger partial charge in [0.05, 0.1) is 10.6 Å². The Morgan fingerprint density at radius 1 is 0.923 bits per heavy atom. The molecule has 2 amide bonds. The second-order valence-electron chi connectivity index (χ2n) is 9.42. The Morgan fingerprint density at radius 3 is 2.08 bits per heavy atom. The van der Waals surface area contributed by atoms with Crippen LogP contribution in [0, 0.1) is 5.92 Å². The number of rotatable bonds is 11. The Morgan fingerprint density at radius 2 is 1.51 bits per heavy atom. The van der Waals surface area contributed by atoms with Crippen LogP contribution in [0.1, 0.15) is 26.3 Å². The predicted octanol–water partition coefficient (Wildman–Crippen LogP) is 6.14. The van der Waals surface area contributed by atoms with Gasteiger partial charge in [-0.15, -0.1) is 0 Å². The van der Waals surface area contributed by atoms with Crippen LogP contribution in [0.2, 0.25) is 10.0 Å². The van der Waals surface area contributed by atoms with Crippen LogP contribution in [0.3, 0.4) is 0 Å². The number of halogens is 3. The van der Waals surface area contributed by atoms with Crippen molar-refractivity contribution in [2.75, 3.05) is 17.4 Å². The molecular weight excluding hydrogens is 625 g/mol. The fraction of sp³-hybridized carbons (Fsp3) is 0.286. The molecule has 3 rings (SSSR count). The van der Waals surface area contributed by atoms with Gasteiger partial charge in [0.2, 0.25) is 11.8 Å². The SMILES string of the molecule is CC(C)CNC(=O)[C@H](C)N(Cc1ccc(Br)cc1)C(=O)CN(c1cc(Cl)cc(Cl)c1)S(=O)(=O)c1ccccc1. The Kier molecular flexibility index (Phi) is 10.8. The number of benzene rings is 3. The molecule has 0 saturated heterocycles. The van der Waals surface area contributed by atoms with E-state index in [2.05, 4.69) is 21.2 Å². The third-order valence-corrected chi connectivity index (χ3v) is 8.62. The fourth-order valence-corrected chi connectivity index (χ4v) is 5.95. The van der Waals surface area contributed by atoms with Crippen LogP contribution in [-0.2, 0) is 26.2 Å². The molecule has 11 heteroatoms. The van der Waals surface area contributed by atoms with Crippen molar-refractivity contribution in [3.05, 3.63) is 92.9 Å². The number of nitrogens with zero attached hydrogens (tertiary/aromatic N) is 2. The number of amides is 2. The summed E-state index contributed by atoms with van der Waals surface area (Å²) in [6.07, 6.45) is 0. The summed E-state index contributed by atoms with van der Waals surface area (Å²) in [5, 5.41) is 3.29. The zero-order chi connectivity index (χ0) is 28.7. The molecule has 0 unspecified atom stereocenters. The summed E-state index contributed by atoms with van der Waals surface area (Å²) in [4.78, 5) is 28.3. The maximum Gasteiger partial charge on any atom is 0.264 e. The molecule has 0 bridgehead atoms. The van der Waals surface area contributed by atoms with E-state index in [1.54, 1.807) is 25.1 Å². The minimum absolute atomic E-state index is 0.00363. The van der Waals surface area contributed by atoms with E-state index in [-0.39, 0.29) is 39.0 Å². The summed E-state index contributed by atoms with van der Waals surface area (Å²) in [6, 6.07) is 18.6. The number of carbonyl (C=O) groups is 2. The normalized spacial score (nSPS) is 12.2. The van der Waals surface area contributed by atoms with Crippen molar-refractivity contribution in [1.82, 2.24) is 10.2 Å². The van der Waals surface area contributed by atoms with E-state index in [1.165, 1.54) is 35.2 Å². The highest BCUT2D eigenvalue weighted by Crippen LogP contribution is 2.30. The van der Waals surface area contributed by atoms with E-state index in [9.17, 15) is 18.0 Å². The van der Waals surface area contributed by atoms with Crippen molar-refractivity contribution >= 4 is 66.7 Å². The molecular formula is C28H30BrCl2N3O4S. The average Bonchev–Trinajstić information content (AvgIpc) is 2.89. The number of carbonyl (C=O) groups excluding carboxylic acids is 2. The van der Waals surface area contributed by atoms with Gasteiger partial charge in [-0.3, -0.25) is 13.9 Å². The van der Waals surface area contributed by atoms with Crippen LogP contribution in [0.15, 0.2) is 82.2 Å². The van der Waals surface area contributed by atoms with Gasteiger partial charge in [0.15, 0.2) is 0 Å². The van der Waals surface area contributed by atoms with Gasteiger partial charge in [0, 0.05) is 27.6 Å². The minimum Gasteiger partial charge on any atom is -0.354 e. The first-order valence-corrected chi connectivity index (χ1v) is 15.2. The summed E-state index contributed by atoms with van der Waals surface area (Å²) in [5.74, 6) is -0.686. The van der Waals surface area contributed by atoms with Gasteiger partial charge in [-0.05, 0) is 60.9 Å². The summed E-state index contributed by atoms with van der Waals surface area (Å²) in [6.45, 7) is 5.53. The van der Waals surface area contributed by atoms with E-state index in [0.29, 0.717) is 6.54 Å². The lowest BCUT2D eigenvalue weighted by molar-refractivity contribution is -0.139. The third kappa shape index (κ3) is 8.45. The van der Waals surface area contributed by atoms with Gasteiger partial charge in [-0.2, -0.15) is 0 Å². The first kappa shape index (κ1) is 30.9. The largest absolute Gasteiger partial charge is 0.354 e. The predicted molar refractivity (Wildman–Crippen MR) is 159 cm³/mol. The second-order valence-corrected chi connectivity index (χ2v) is 13.1. The van der Waals surface area contributed by atoms with E-state index < -0.39 is 28.5 Å². The monoisotopic (exact) mass is 653 g/mol. The lowest BCUT2D eigenvalue weighted by Crippen LogP contribution is -2.51. The van der Waals surface area contributed by atoms with Crippen LogP contribution in [0.4, 0.5) is 5.69 Å². The molecule has 208 valence electrons. The molecule has 7 nitrogen and oxygen atoms in total. The first-order valence-electron chi connectivity index (χ1n) is 12.2. The molecule has 0 aromatic heterocycles. The molecule has 0 aliphatic carbocycles. The first-order chi connectivity index (χ1) is 18.4. The average molecular weight is 655 g/mol. The molecule has 0 heterocycles. The highest BCUT2D eigenvalue weighted by Gasteiger charge is 2.32. The number of nitrogens with one attached hydrogen (secondary N) is 1. The van der Waals surface area contributed by atoms with E-state index in [1.807, 2.05) is 38.1 Å². The van der Waals surface area contributed by atoms with E-state index >= 15 is 0 Å². The highest BCUT2D eigenvalue weighted by atomic mass is 79.9. The lowest BCUT2D eigenvalue weighted by atomic mass is 10.1. The molecule has 3 aromatic rings. The van der Waals surface area contributed by atoms with Gasteiger partial charge >= 0.3 is 0 Å². The lowest BCUT2D eigenvalue weighted by Gasteiger charge is -2.32. The van der Waals surface area contributed by atoms with Crippen molar-refractivity contribution in [1.29, 1.82) is 0 Å². The number of hydrogen-bond donors (Lipinski definition) is 1. The van der Waals surface area contributed by atoms with Gasteiger partial charge in [0.25, 0.3) is 10.0 Å². The van der Waals surface area contributed by atoms with Crippen molar-refractivity contribution in [2.24, 2.45) is 5.92 Å². The number of anilines is 1. The van der Waals surface area contributed by atoms with E-state index in [4.69, 9.17) is 23.2 Å². The van der Waals surface area contributed by atoms with Gasteiger partial charge in [-0.25, -0.2) is 8.42 Å². The smallest absolute Gasteiger partial charge is 0.264 e. The molecule has 0 fully saturated rings. The highest BCUT2D eigenvalue weighted by molar-refractivity contribution is 9.10. The zero-order valence-corrected chi connectivity index (χ0v) is 25.7. The maximum absolute atomic E-state index is 13.9. The Hall–Kier alpha value is -2.59. The number of hydrogen-bond acceptors (Lipinski definition) is 4. The Labute approximate surface area is 248 Å². The third-order valence-electron chi connectivity index (χ3n) is 5.86. The van der Waals surface area contributed by atoms with Crippen LogP contribution in [0.5, 0.6) is 0 Å². The van der Waals surface area contributed by atoms with E-state index in [0.717, 1.165) is 14.3 Å². The number of sulfonamides is 1. The molecule has 1 N–H and O–H groups in total. The summed E-state index contributed by atoms with van der Waals surface area (Å²) >= 11 is 15.8. The quantitative estimate of drug-likeness (QED) is 0.269. The minimum atomic E-state index is -4.20. The Balaban J connectivity index is 2.03. The van der Waals surface area contributed by atoms with Gasteiger partial charge < -0.3 is 10.2 Å². The van der Waals surface area contributed by atoms with Crippen LogP contribution < -0.4 is 9.62 Å². The maximum atomic E-state index is 13.9. The molecule has 1 atom stereocenters. The molecule has 0 spiro atoms. The van der Waals surface area contributed by atoms with Gasteiger partial charge in [0.1, 0.15) is 12.6 Å². The molecule has 0 aliphatic heterocycles. The summed E-state index contributed by atoms with van der Waals surface area (Å²) in [7, 11) is -4.20. The summed E-state index contributed by atoms with van der Waals surface area (Å²) < 4.78 is 29.4. The summed E-state index contributed by atoms with van der Waals surface area (Å²) in [5.41, 5.74) is 0.906. The molecule has 3 aromatic carbocycles. The van der Waals surface area contributed by atoms with Gasteiger partial charge in [-0.1, -0.05) is 83.3 Å². The van der Waals surface area contributed by atoms with Crippen molar-refractivity contribution in [3.8, 4) is 0 Å². The van der Waals surface area contributed by atoms with Crippen molar-refractivity contribution in [2.45, 2.75) is 38.3 Å². The Bertz CT molecular complexity index is 1380. The zero-order valence-electron chi connectivity index (χ0n) is 21.8. The topological polar surface area (TPSA) is 86.8 Å². The fourth-order valence-electron chi connectivity index (χ4n) is 3.75. The van der Waals surface area contributed by atoms with Crippen molar-refractivity contribution in [3.63, 3.8) is 0 Å². The van der Waals surface area contributed by atoms with Crippen LogP contribution >= 0.6 is 39.1 Å². The standard InChI is InChI=1S/C28H30BrCl2N3O4S/c1-19(2)16-32-28(36)20(3)33(17-21-9-11-22(29)12-10-21)27(35)18-34(25-14-23(30)13-24(31)15-25)39(37,38)26-7-5-4-6-8-26/h4-15,19-20H,16-18H2,1-3H3,(H,32,36)/t20-/m0/s1. The van der Waals surface area contributed by atoms with Crippen LogP contribution in [0.25, 0.3) is 0 Å². The molecule has 0 radical (unpaired) electrons. The van der Waals surface area contributed by atoms with Crippen molar-refractivity contribution < 1.29 is 18.0 Å². The second kappa shape index (κ2) is 13.7. The molecule has 0 aliphatic rings. The molecule has 39 heavy (non-hydrogen) atoms.